The molecule has 0 unspecified atom stereocenters. The quantitative estimate of drug-likeness (QED) is 0.283. The number of anilines is 1. The lowest BCUT2D eigenvalue weighted by Crippen LogP contribution is -2.46. The number of nitrogens with one attached hydrogen (secondary N) is 2. The summed E-state index contributed by atoms with van der Waals surface area (Å²) in [4.78, 5) is 64.1. The second-order valence-electron chi connectivity index (χ2n) is 13.5. The average Bonchev–Trinajstić information content (AvgIpc) is 3.33. The number of aromatic nitrogens is 6. The minimum Gasteiger partial charge on any atom is -0.355 e. The third-order valence-electron chi connectivity index (χ3n) is 9.73. The van der Waals surface area contributed by atoms with Crippen LogP contribution in [0, 0.1) is 12.3 Å². The van der Waals surface area contributed by atoms with Crippen LogP contribution < -0.4 is 10.6 Å². The number of halogens is 3. The SMILES string of the molecule is CC(=O)c1nn2c3c(cc(-c4cnc(C)nc4)cc13)C/C=C/SCCCC(=O)NC[C@@]13C[C@@H](C(=O)Nc4ccn(CC(F)(F)F)n4)N(C(=O)C2)[C@@H]1C3. The molecule has 2 fully saturated rings. The number of piperidine rings is 1. The van der Waals surface area contributed by atoms with Crippen molar-refractivity contribution in [2.75, 3.05) is 17.6 Å². The van der Waals surface area contributed by atoms with Crippen LogP contribution in [0.15, 0.2) is 48.3 Å². The van der Waals surface area contributed by atoms with Crippen molar-refractivity contribution < 1.29 is 32.3 Å². The van der Waals surface area contributed by atoms with E-state index in [1.807, 2.05) is 23.6 Å². The normalized spacial score (nSPS) is 23.1. The molecule has 17 heteroatoms. The Bertz CT molecular complexity index is 2090. The standard InChI is InChI=1S/C35H36F3N9O4S/c1-20(48)31-25-12-23(24-15-39-21(2)40-16-24)11-22-5-3-9-52-10-4-6-29(49)41-18-34-13-26(33(51)42-28-7-8-45(43-28)19-35(36,37)38)47(27(34)14-34)30(50)17-46(44-31)32(22)25/h3,7-9,11-12,15-16,26-27H,4-6,10,13-14,17-19H2,1-2H3,(H,41,49)(H,42,43,51)/b9-3+/t26-,27+,34-/m0/s1. The first-order valence-corrected chi connectivity index (χ1v) is 17.9. The lowest BCUT2D eigenvalue weighted by molar-refractivity contribution is -0.142. The molecule has 4 aromatic rings. The molecule has 0 spiro atoms. The second kappa shape index (κ2) is 13.8. The molecule has 1 saturated carbocycles. The van der Waals surface area contributed by atoms with Crippen LogP contribution in [-0.4, -0.2) is 88.5 Å². The Labute approximate surface area is 300 Å². The molecule has 13 nitrogen and oxygen atoms in total. The van der Waals surface area contributed by atoms with Crippen molar-refractivity contribution in [3.8, 4) is 11.1 Å². The maximum absolute atomic E-state index is 14.4. The molecule has 272 valence electrons. The van der Waals surface area contributed by atoms with Crippen LogP contribution in [-0.2, 0) is 33.9 Å². The first kappa shape index (κ1) is 35.3. The number of allylic oxidation sites excluding steroid dienone is 1. The number of rotatable bonds is 5. The Kier molecular flexibility index (Phi) is 9.39. The number of carbonyl (C=O) groups excluding carboxylic acids is 4. The molecule has 1 aliphatic carbocycles. The minimum atomic E-state index is -4.50. The molecule has 5 heterocycles. The monoisotopic (exact) mass is 735 g/mol. The van der Waals surface area contributed by atoms with Crippen LogP contribution in [0.4, 0.5) is 19.0 Å². The van der Waals surface area contributed by atoms with Gasteiger partial charge in [0.05, 0.1) is 5.52 Å². The van der Waals surface area contributed by atoms with E-state index in [9.17, 15) is 32.3 Å². The zero-order chi connectivity index (χ0) is 36.8. The van der Waals surface area contributed by atoms with Gasteiger partial charge < -0.3 is 15.5 Å². The molecular formula is C35H36F3N9O4S. The third-order valence-corrected chi connectivity index (χ3v) is 10.6. The van der Waals surface area contributed by atoms with E-state index in [1.165, 1.54) is 22.6 Å². The van der Waals surface area contributed by atoms with Gasteiger partial charge in [-0.25, -0.2) is 9.97 Å². The van der Waals surface area contributed by atoms with Crippen molar-refractivity contribution in [3.05, 3.63) is 65.4 Å². The summed E-state index contributed by atoms with van der Waals surface area (Å²) in [6.07, 6.45) is 4.25. The van der Waals surface area contributed by atoms with Gasteiger partial charge in [0.1, 0.15) is 30.6 Å². The van der Waals surface area contributed by atoms with Gasteiger partial charge in [-0.3, -0.25) is 28.5 Å². The number of Topliss-reactive ketones (excluding diaryl/α,β-unsaturated/α-hetero) is 1. The van der Waals surface area contributed by atoms with Gasteiger partial charge in [-0.15, -0.1) is 11.8 Å². The summed E-state index contributed by atoms with van der Waals surface area (Å²) in [5.74, 6) is -0.173. The molecule has 2 aliphatic heterocycles. The highest BCUT2D eigenvalue weighted by atomic mass is 32.2. The van der Waals surface area contributed by atoms with E-state index in [0.717, 1.165) is 28.6 Å². The molecule has 3 aromatic heterocycles. The van der Waals surface area contributed by atoms with Crippen LogP contribution in [0.3, 0.4) is 0 Å². The van der Waals surface area contributed by atoms with Gasteiger partial charge >= 0.3 is 6.18 Å². The van der Waals surface area contributed by atoms with E-state index >= 15 is 0 Å². The van der Waals surface area contributed by atoms with Gasteiger partial charge in [-0.1, -0.05) is 6.08 Å². The van der Waals surface area contributed by atoms with Gasteiger partial charge in [-0.05, 0) is 67.0 Å². The number of hydrogen-bond donors (Lipinski definition) is 2. The smallest absolute Gasteiger partial charge is 0.355 e. The average molecular weight is 736 g/mol. The van der Waals surface area contributed by atoms with Crippen molar-refractivity contribution in [2.24, 2.45) is 5.41 Å². The van der Waals surface area contributed by atoms with Gasteiger partial charge in [0, 0.05) is 67.0 Å². The Hall–Kier alpha value is -5.06. The van der Waals surface area contributed by atoms with Crippen molar-refractivity contribution >= 4 is 52.0 Å². The number of ketones is 1. The number of thioether (sulfide) groups is 1. The van der Waals surface area contributed by atoms with Gasteiger partial charge in [-0.2, -0.15) is 23.4 Å². The van der Waals surface area contributed by atoms with Gasteiger partial charge in [0.2, 0.25) is 17.7 Å². The zero-order valence-corrected chi connectivity index (χ0v) is 29.3. The summed E-state index contributed by atoms with van der Waals surface area (Å²) in [7, 11) is 0. The summed E-state index contributed by atoms with van der Waals surface area (Å²) in [6, 6.07) is 3.73. The van der Waals surface area contributed by atoms with E-state index in [-0.39, 0.29) is 48.8 Å². The lowest BCUT2D eigenvalue weighted by Gasteiger charge is -2.26. The molecule has 0 radical (unpaired) electrons. The number of hydrogen-bond acceptors (Lipinski definition) is 9. The third kappa shape index (κ3) is 7.31. The second-order valence-corrected chi connectivity index (χ2v) is 14.6. The van der Waals surface area contributed by atoms with Crippen LogP contribution in [0.2, 0.25) is 0 Å². The maximum Gasteiger partial charge on any atom is 0.408 e. The fraction of sp³-hybridized carbons (Fsp3) is 0.429. The van der Waals surface area contributed by atoms with Crippen LogP contribution in [0.1, 0.15) is 54.5 Å². The Balaban J connectivity index is 1.26. The Morgan fingerprint density at radius 3 is 2.65 bits per heavy atom. The summed E-state index contributed by atoms with van der Waals surface area (Å²) in [5, 5.41) is 16.6. The summed E-state index contributed by atoms with van der Waals surface area (Å²) in [5.41, 5.74) is 2.59. The van der Waals surface area contributed by atoms with E-state index in [2.05, 4.69) is 30.8 Å². The van der Waals surface area contributed by atoms with E-state index in [1.54, 1.807) is 31.1 Å². The van der Waals surface area contributed by atoms with Gasteiger partial charge in [0.15, 0.2) is 11.6 Å². The van der Waals surface area contributed by atoms with Crippen molar-refractivity contribution in [1.82, 2.24) is 39.7 Å². The molecular weight excluding hydrogens is 700 g/mol. The summed E-state index contributed by atoms with van der Waals surface area (Å²) < 4.78 is 41.0. The van der Waals surface area contributed by atoms with Crippen molar-refractivity contribution in [2.45, 2.75) is 77.3 Å². The highest BCUT2D eigenvalue weighted by molar-refractivity contribution is 8.02. The number of alkyl halides is 3. The number of benzene rings is 1. The Morgan fingerprint density at radius 2 is 1.90 bits per heavy atom. The maximum atomic E-state index is 14.4. The predicted molar refractivity (Wildman–Crippen MR) is 186 cm³/mol. The molecule has 3 amide bonds. The largest absolute Gasteiger partial charge is 0.408 e. The summed E-state index contributed by atoms with van der Waals surface area (Å²) >= 11 is 1.58. The molecule has 2 N–H and O–H groups in total. The zero-order valence-electron chi connectivity index (χ0n) is 28.4. The van der Waals surface area contributed by atoms with Crippen LogP contribution >= 0.6 is 11.8 Å². The van der Waals surface area contributed by atoms with Crippen LogP contribution in [0.5, 0.6) is 0 Å². The number of aryl methyl sites for hydroxylation is 1. The van der Waals surface area contributed by atoms with E-state index in [4.69, 9.17) is 0 Å². The molecule has 7 rings (SSSR count). The molecule has 1 aromatic carbocycles. The molecule has 1 saturated heterocycles. The molecule has 52 heavy (non-hydrogen) atoms. The number of carbonyl (C=O) groups is 4. The predicted octanol–water partition coefficient (Wildman–Crippen LogP) is 4.46. The topological polar surface area (TPSA) is 157 Å². The van der Waals surface area contributed by atoms with Crippen molar-refractivity contribution in [1.29, 1.82) is 0 Å². The highest BCUT2D eigenvalue weighted by Gasteiger charge is 2.67. The first-order valence-electron chi connectivity index (χ1n) is 16.9. The summed E-state index contributed by atoms with van der Waals surface area (Å²) in [6.45, 7) is 1.87. The molecule has 3 aliphatic rings. The lowest BCUT2D eigenvalue weighted by atomic mass is 9.98. The fourth-order valence-electron chi connectivity index (χ4n) is 7.22. The highest BCUT2D eigenvalue weighted by Crippen LogP contribution is 2.59. The fourth-order valence-corrected chi connectivity index (χ4v) is 7.90. The van der Waals surface area contributed by atoms with E-state index in [0.29, 0.717) is 47.1 Å². The number of nitrogens with zero attached hydrogens (tertiary/aromatic N) is 7. The first-order chi connectivity index (χ1) is 24.8. The van der Waals surface area contributed by atoms with Gasteiger partial charge in [0.25, 0.3) is 0 Å². The van der Waals surface area contributed by atoms with Crippen LogP contribution in [0.25, 0.3) is 22.0 Å². The number of amides is 3. The minimum absolute atomic E-state index is 0.0791. The molecule has 3 atom stereocenters. The van der Waals surface area contributed by atoms with Crippen molar-refractivity contribution in [3.63, 3.8) is 0 Å². The Morgan fingerprint density at radius 1 is 1.12 bits per heavy atom. The van der Waals surface area contributed by atoms with E-state index < -0.39 is 36.0 Å². The molecule has 2 bridgehead atoms.